The lowest BCUT2D eigenvalue weighted by atomic mass is 9.68. The maximum atomic E-state index is 13.7. The Kier molecular flexibility index (Phi) is 5.88. The van der Waals surface area contributed by atoms with Gasteiger partial charge in [0.2, 0.25) is 5.91 Å². The number of piperidine rings is 1. The molecule has 2 heterocycles. The van der Waals surface area contributed by atoms with Crippen molar-refractivity contribution in [1.29, 1.82) is 0 Å². The van der Waals surface area contributed by atoms with E-state index >= 15 is 0 Å². The number of carbonyl (C=O) groups is 1. The van der Waals surface area contributed by atoms with Crippen LogP contribution in [-0.4, -0.2) is 65.1 Å². The minimum Gasteiger partial charge on any atom is -0.390 e. The molecule has 7 heteroatoms. The Morgan fingerprint density at radius 2 is 1.62 bits per heavy atom. The molecule has 0 radical (unpaired) electrons. The van der Waals surface area contributed by atoms with E-state index in [1.807, 2.05) is 29.2 Å². The molecule has 29 heavy (non-hydrogen) atoms. The Morgan fingerprint density at radius 3 is 2.24 bits per heavy atom. The molecule has 4 nitrogen and oxygen atoms in total. The summed E-state index contributed by atoms with van der Waals surface area (Å²) >= 11 is 6.06. The van der Waals surface area contributed by atoms with E-state index in [4.69, 9.17) is 11.6 Å². The van der Waals surface area contributed by atoms with Crippen LogP contribution < -0.4 is 0 Å². The van der Waals surface area contributed by atoms with Gasteiger partial charge in [-0.1, -0.05) is 43.0 Å². The van der Waals surface area contributed by atoms with Crippen LogP contribution in [-0.2, 0) is 10.2 Å². The van der Waals surface area contributed by atoms with Crippen molar-refractivity contribution in [1.82, 2.24) is 9.80 Å². The zero-order valence-electron chi connectivity index (χ0n) is 16.6. The number of amides is 1. The number of carbonyl (C=O) groups excluding carboxylic acids is 1. The Bertz CT molecular complexity index is 727. The maximum absolute atomic E-state index is 13.7. The first-order valence-electron chi connectivity index (χ1n) is 10.7. The van der Waals surface area contributed by atoms with Crippen molar-refractivity contribution < 1.29 is 18.7 Å². The van der Waals surface area contributed by atoms with Crippen LogP contribution in [0.3, 0.4) is 0 Å². The van der Waals surface area contributed by atoms with Crippen LogP contribution in [0.4, 0.5) is 8.78 Å². The molecule has 1 N–H and O–H groups in total. The van der Waals surface area contributed by atoms with Crippen molar-refractivity contribution in [2.24, 2.45) is 0 Å². The van der Waals surface area contributed by atoms with Gasteiger partial charge in [-0.2, -0.15) is 0 Å². The average molecular weight is 427 g/mol. The number of hydrogen-bond donors (Lipinski definition) is 1. The van der Waals surface area contributed by atoms with Gasteiger partial charge in [-0.05, 0) is 30.5 Å². The Morgan fingerprint density at radius 1 is 1.00 bits per heavy atom. The smallest absolute Gasteiger partial charge is 0.250 e. The predicted octanol–water partition coefficient (Wildman–Crippen LogP) is 3.84. The van der Waals surface area contributed by atoms with Gasteiger partial charge < -0.3 is 10.0 Å². The first kappa shape index (κ1) is 21.0. The number of aliphatic hydroxyl groups excluding tert-OH is 1. The van der Waals surface area contributed by atoms with Gasteiger partial charge in [-0.15, -0.1) is 0 Å². The summed E-state index contributed by atoms with van der Waals surface area (Å²) in [5, 5.41) is 11.3. The Hall–Kier alpha value is -1.24. The predicted molar refractivity (Wildman–Crippen MR) is 108 cm³/mol. The summed E-state index contributed by atoms with van der Waals surface area (Å²) in [7, 11) is 0. The van der Waals surface area contributed by atoms with Crippen LogP contribution in [0.5, 0.6) is 0 Å². The third kappa shape index (κ3) is 4.17. The molecule has 0 bridgehead atoms. The third-order valence-corrected chi connectivity index (χ3v) is 7.31. The summed E-state index contributed by atoms with van der Waals surface area (Å²) in [6.07, 6.45) is 3.64. The highest BCUT2D eigenvalue weighted by atomic mass is 35.5. The van der Waals surface area contributed by atoms with Crippen LogP contribution >= 0.6 is 11.6 Å². The fourth-order valence-electron chi connectivity index (χ4n) is 5.33. The van der Waals surface area contributed by atoms with Crippen molar-refractivity contribution in [2.75, 3.05) is 26.2 Å². The highest BCUT2D eigenvalue weighted by Crippen LogP contribution is 2.42. The minimum absolute atomic E-state index is 0.0587. The second-order valence-corrected chi connectivity index (χ2v) is 9.32. The van der Waals surface area contributed by atoms with E-state index in [1.54, 1.807) is 4.90 Å². The normalized spacial score (nSPS) is 29.7. The van der Waals surface area contributed by atoms with Crippen LogP contribution in [0, 0.1) is 0 Å². The zero-order chi connectivity index (χ0) is 20.6. The number of β-amino-alcohol motifs (C(OH)–C–C–N with tert-alkyl or cyclic N) is 1. The highest BCUT2D eigenvalue weighted by molar-refractivity contribution is 6.30. The van der Waals surface area contributed by atoms with E-state index in [9.17, 15) is 18.7 Å². The number of aliphatic hydroxyl groups is 1. The zero-order valence-corrected chi connectivity index (χ0v) is 17.4. The van der Waals surface area contributed by atoms with Gasteiger partial charge in [-0.25, -0.2) is 8.78 Å². The minimum atomic E-state index is -2.61. The molecule has 0 spiro atoms. The summed E-state index contributed by atoms with van der Waals surface area (Å²) < 4.78 is 27.0. The molecule has 0 unspecified atom stereocenters. The lowest BCUT2D eigenvalue weighted by Gasteiger charge is -2.40. The van der Waals surface area contributed by atoms with E-state index in [2.05, 4.69) is 0 Å². The molecular weight excluding hydrogens is 398 g/mol. The van der Waals surface area contributed by atoms with Gasteiger partial charge in [0, 0.05) is 44.0 Å². The van der Waals surface area contributed by atoms with Crippen LogP contribution in [0.15, 0.2) is 24.3 Å². The number of benzene rings is 1. The molecule has 1 saturated carbocycles. The second-order valence-electron chi connectivity index (χ2n) is 8.89. The largest absolute Gasteiger partial charge is 0.390 e. The first-order valence-corrected chi connectivity index (χ1v) is 11.0. The van der Waals surface area contributed by atoms with Gasteiger partial charge >= 0.3 is 0 Å². The molecule has 1 aromatic carbocycles. The topological polar surface area (TPSA) is 43.8 Å². The van der Waals surface area contributed by atoms with Crippen molar-refractivity contribution in [3.8, 4) is 0 Å². The Labute approximate surface area is 175 Å². The molecule has 2 atom stereocenters. The molecule has 1 amide bonds. The molecule has 4 rings (SSSR count). The highest BCUT2D eigenvalue weighted by Gasteiger charge is 2.48. The summed E-state index contributed by atoms with van der Waals surface area (Å²) in [5.74, 6) is -2.56. The lowest BCUT2D eigenvalue weighted by Crippen LogP contribution is -2.50. The van der Waals surface area contributed by atoms with Crippen LogP contribution in [0.25, 0.3) is 0 Å². The van der Waals surface area contributed by atoms with E-state index in [0.717, 1.165) is 37.7 Å². The Balaban J connectivity index is 1.52. The summed E-state index contributed by atoms with van der Waals surface area (Å²) in [4.78, 5) is 17.4. The molecule has 2 aliphatic heterocycles. The quantitative estimate of drug-likeness (QED) is 0.798. The van der Waals surface area contributed by atoms with Gasteiger partial charge in [0.15, 0.2) is 0 Å². The van der Waals surface area contributed by atoms with Gasteiger partial charge in [0.25, 0.3) is 5.92 Å². The van der Waals surface area contributed by atoms with E-state index in [1.165, 1.54) is 0 Å². The number of alkyl halides is 2. The first-order chi connectivity index (χ1) is 13.8. The van der Waals surface area contributed by atoms with Crippen molar-refractivity contribution in [3.63, 3.8) is 0 Å². The standard InChI is InChI=1S/C22H29ClF2N2O2/c23-17-6-4-16(5-7-17)21(8-2-1-3-9-21)20(29)27-14-18(19(28)15-27)26-12-10-22(24,25)11-13-26/h4-7,18-19,28H,1-3,8-15H2/t18-,19-/m0/s1. The molecule has 3 aliphatic rings. The summed E-state index contributed by atoms with van der Waals surface area (Å²) in [6, 6.07) is 7.29. The molecule has 0 aromatic heterocycles. The number of halogens is 3. The third-order valence-electron chi connectivity index (χ3n) is 7.06. The molecule has 2 saturated heterocycles. The van der Waals surface area contributed by atoms with E-state index in [0.29, 0.717) is 11.6 Å². The van der Waals surface area contributed by atoms with E-state index in [-0.39, 0.29) is 44.4 Å². The lowest BCUT2D eigenvalue weighted by molar-refractivity contribution is -0.138. The van der Waals surface area contributed by atoms with Crippen LogP contribution in [0.2, 0.25) is 5.02 Å². The van der Waals surface area contributed by atoms with Crippen molar-refractivity contribution >= 4 is 17.5 Å². The average Bonchev–Trinajstić information content (AvgIpc) is 3.10. The number of hydrogen-bond acceptors (Lipinski definition) is 3. The number of nitrogens with zero attached hydrogens (tertiary/aromatic N) is 2. The monoisotopic (exact) mass is 426 g/mol. The van der Waals surface area contributed by atoms with Gasteiger partial charge in [0.1, 0.15) is 0 Å². The number of rotatable bonds is 3. The van der Waals surface area contributed by atoms with Crippen molar-refractivity contribution in [3.05, 3.63) is 34.9 Å². The maximum Gasteiger partial charge on any atom is 0.250 e. The second kappa shape index (κ2) is 8.12. The van der Waals surface area contributed by atoms with Gasteiger partial charge in [0.05, 0.1) is 17.6 Å². The summed E-state index contributed by atoms with van der Waals surface area (Å²) in [5.41, 5.74) is 0.411. The molecule has 160 valence electrons. The fourth-order valence-corrected chi connectivity index (χ4v) is 5.46. The van der Waals surface area contributed by atoms with Crippen LogP contribution in [0.1, 0.15) is 50.5 Å². The fraction of sp³-hybridized carbons (Fsp3) is 0.682. The molecule has 1 aliphatic carbocycles. The molecule has 3 fully saturated rings. The summed E-state index contributed by atoms with van der Waals surface area (Å²) in [6.45, 7) is 1.20. The SMILES string of the molecule is O=C(N1C[C@H](O)[C@@H](N2CCC(F)(F)CC2)C1)C1(c2ccc(Cl)cc2)CCCCC1. The van der Waals surface area contributed by atoms with Crippen molar-refractivity contribution in [2.45, 2.75) is 68.4 Å². The van der Waals surface area contributed by atoms with Gasteiger partial charge in [-0.3, -0.25) is 9.69 Å². The molecule has 1 aromatic rings. The number of likely N-dealkylation sites (tertiary alicyclic amines) is 2. The van der Waals surface area contributed by atoms with E-state index < -0.39 is 17.4 Å². The molecular formula is C22H29ClF2N2O2.